The Balaban J connectivity index is 1.42. The number of ether oxygens (including phenoxy) is 2. The lowest BCUT2D eigenvalue weighted by Gasteiger charge is -2.23. The Hall–Kier alpha value is -3.42. The average molecular weight is 529 g/mol. The molecule has 6 nitrogen and oxygen atoms in total. The van der Waals surface area contributed by atoms with Gasteiger partial charge >= 0.3 is 5.97 Å². The van der Waals surface area contributed by atoms with Crippen molar-refractivity contribution in [1.29, 1.82) is 0 Å². The molecule has 38 heavy (non-hydrogen) atoms. The molecule has 7 heteroatoms. The standard InChI is InChI=1S/C31H32N2O4S/c1-3-37-31(35)24-18-33(21-12-13-21)27-23(28(24)34)15-14-22(29(27)36-2)26-16-20-10-7-11-25(30(20)38-26)32-17-19-8-5-4-6-9-19/h4-6,8-9,14-16,18,21,25,32H,3,7,10-13,17H2,1-2H3. The van der Waals surface area contributed by atoms with E-state index < -0.39 is 5.97 Å². The second kappa shape index (κ2) is 10.4. The fourth-order valence-electron chi connectivity index (χ4n) is 5.54. The van der Waals surface area contributed by atoms with E-state index in [9.17, 15) is 9.59 Å². The number of hydrogen-bond acceptors (Lipinski definition) is 6. The van der Waals surface area contributed by atoms with Crippen LogP contribution in [0.2, 0.25) is 0 Å². The molecule has 0 bridgehead atoms. The third kappa shape index (κ3) is 4.54. The van der Waals surface area contributed by atoms with Crippen molar-refractivity contribution >= 4 is 28.2 Å². The van der Waals surface area contributed by atoms with Crippen LogP contribution in [0.25, 0.3) is 21.3 Å². The molecule has 1 N–H and O–H groups in total. The van der Waals surface area contributed by atoms with Crippen LogP contribution in [0.3, 0.4) is 0 Å². The van der Waals surface area contributed by atoms with E-state index in [2.05, 4.69) is 40.2 Å². The van der Waals surface area contributed by atoms with E-state index in [1.54, 1.807) is 20.2 Å². The Bertz CT molecular complexity index is 1550. The van der Waals surface area contributed by atoms with Crippen molar-refractivity contribution in [2.45, 2.75) is 57.7 Å². The predicted molar refractivity (Wildman–Crippen MR) is 151 cm³/mol. The number of fused-ring (bicyclic) bond motifs is 2. The second-order valence-electron chi connectivity index (χ2n) is 10.1. The first kappa shape index (κ1) is 24.9. The maximum absolute atomic E-state index is 13.4. The first-order chi connectivity index (χ1) is 18.6. The van der Waals surface area contributed by atoms with Gasteiger partial charge in [-0.1, -0.05) is 30.3 Å². The summed E-state index contributed by atoms with van der Waals surface area (Å²) in [5.41, 5.74) is 4.19. The minimum Gasteiger partial charge on any atom is -0.494 e. The fourth-order valence-corrected chi connectivity index (χ4v) is 6.88. The Kier molecular flexibility index (Phi) is 6.80. The lowest BCUT2D eigenvalue weighted by molar-refractivity contribution is 0.0524. The van der Waals surface area contributed by atoms with Crippen molar-refractivity contribution < 1.29 is 14.3 Å². The topological polar surface area (TPSA) is 69.6 Å². The number of aromatic nitrogens is 1. The molecule has 1 unspecified atom stereocenters. The van der Waals surface area contributed by atoms with Crippen LogP contribution < -0.4 is 15.5 Å². The number of hydrogen-bond donors (Lipinski definition) is 1. The van der Waals surface area contributed by atoms with Gasteiger partial charge < -0.3 is 19.4 Å². The van der Waals surface area contributed by atoms with Crippen LogP contribution in [0.15, 0.2) is 59.5 Å². The number of nitrogens with zero attached hydrogens (tertiary/aromatic N) is 1. The molecule has 0 saturated heterocycles. The van der Waals surface area contributed by atoms with E-state index in [0.29, 0.717) is 17.2 Å². The van der Waals surface area contributed by atoms with Crippen LogP contribution in [-0.2, 0) is 17.7 Å². The molecular weight excluding hydrogens is 496 g/mol. The van der Waals surface area contributed by atoms with E-state index >= 15 is 0 Å². The van der Waals surface area contributed by atoms with Crippen LogP contribution in [0.4, 0.5) is 0 Å². The minimum absolute atomic E-state index is 0.0833. The zero-order chi connectivity index (χ0) is 26.2. The van der Waals surface area contributed by atoms with Gasteiger partial charge in [-0.05, 0) is 68.4 Å². The highest BCUT2D eigenvalue weighted by Gasteiger charge is 2.30. The third-order valence-electron chi connectivity index (χ3n) is 7.54. The fraction of sp³-hybridized carbons (Fsp3) is 0.355. The summed E-state index contributed by atoms with van der Waals surface area (Å²) in [4.78, 5) is 28.5. The normalized spacial score (nSPS) is 16.8. The number of aryl methyl sites for hydroxylation is 1. The van der Waals surface area contributed by atoms with Gasteiger partial charge in [0.25, 0.3) is 0 Å². The molecule has 0 radical (unpaired) electrons. The highest BCUT2D eigenvalue weighted by atomic mass is 32.1. The maximum Gasteiger partial charge on any atom is 0.343 e. The number of methoxy groups -OCH3 is 1. The maximum atomic E-state index is 13.4. The molecule has 1 atom stereocenters. The summed E-state index contributed by atoms with van der Waals surface area (Å²) in [7, 11) is 1.66. The number of benzene rings is 2. The molecule has 2 aliphatic rings. The van der Waals surface area contributed by atoms with Crippen LogP contribution >= 0.6 is 11.3 Å². The molecule has 0 aliphatic heterocycles. The number of carbonyl (C=O) groups is 1. The van der Waals surface area contributed by atoms with E-state index in [-0.39, 0.29) is 23.6 Å². The summed E-state index contributed by atoms with van der Waals surface area (Å²) in [5.74, 6) is 0.117. The molecule has 2 aromatic heterocycles. The number of rotatable bonds is 8. The van der Waals surface area contributed by atoms with Gasteiger partial charge in [0.1, 0.15) is 5.56 Å². The number of nitrogens with one attached hydrogen (secondary N) is 1. The monoisotopic (exact) mass is 528 g/mol. The number of carbonyl (C=O) groups excluding carboxylic acids is 1. The summed E-state index contributed by atoms with van der Waals surface area (Å²) in [5, 5.41) is 4.27. The van der Waals surface area contributed by atoms with Crippen molar-refractivity contribution in [3.8, 4) is 16.2 Å². The van der Waals surface area contributed by atoms with Crippen LogP contribution in [0.1, 0.15) is 71.1 Å². The van der Waals surface area contributed by atoms with E-state index in [1.807, 2.05) is 29.5 Å². The molecule has 1 fully saturated rings. The van der Waals surface area contributed by atoms with Crippen molar-refractivity contribution in [3.05, 3.63) is 86.5 Å². The van der Waals surface area contributed by atoms with Gasteiger partial charge in [-0.15, -0.1) is 11.3 Å². The SMILES string of the molecule is CCOC(=O)c1cn(C2CC2)c2c(OC)c(-c3cc4c(s3)C(NCc3ccccc3)CCC4)ccc2c1=O. The predicted octanol–water partition coefficient (Wildman–Crippen LogP) is 6.42. The van der Waals surface area contributed by atoms with Gasteiger partial charge in [0, 0.05) is 40.1 Å². The van der Waals surface area contributed by atoms with Crippen molar-refractivity contribution in [1.82, 2.24) is 9.88 Å². The zero-order valence-electron chi connectivity index (χ0n) is 21.8. The summed E-state index contributed by atoms with van der Waals surface area (Å²) in [6.45, 7) is 2.82. The number of thiophene rings is 1. The molecule has 2 aliphatic carbocycles. The van der Waals surface area contributed by atoms with Crippen LogP contribution in [0.5, 0.6) is 5.75 Å². The van der Waals surface area contributed by atoms with Gasteiger partial charge in [0.15, 0.2) is 5.75 Å². The highest BCUT2D eigenvalue weighted by Crippen LogP contribution is 2.46. The molecule has 1 saturated carbocycles. The summed E-state index contributed by atoms with van der Waals surface area (Å²) in [6, 6.07) is 17.2. The third-order valence-corrected chi connectivity index (χ3v) is 8.87. The number of esters is 1. The Morgan fingerprint density at radius 1 is 1.13 bits per heavy atom. The molecule has 0 amide bonds. The van der Waals surface area contributed by atoms with Crippen molar-refractivity contribution in [2.24, 2.45) is 0 Å². The van der Waals surface area contributed by atoms with Gasteiger partial charge in [-0.2, -0.15) is 0 Å². The smallest absolute Gasteiger partial charge is 0.343 e. The first-order valence-electron chi connectivity index (χ1n) is 13.4. The Morgan fingerprint density at radius 2 is 1.95 bits per heavy atom. The summed E-state index contributed by atoms with van der Waals surface area (Å²) < 4.78 is 13.3. The van der Waals surface area contributed by atoms with Crippen molar-refractivity contribution in [3.63, 3.8) is 0 Å². The second-order valence-corrected chi connectivity index (χ2v) is 11.2. The first-order valence-corrected chi connectivity index (χ1v) is 14.2. The lowest BCUT2D eigenvalue weighted by atomic mass is 9.94. The summed E-state index contributed by atoms with van der Waals surface area (Å²) in [6.07, 6.45) is 7.04. The van der Waals surface area contributed by atoms with Crippen molar-refractivity contribution in [2.75, 3.05) is 13.7 Å². The van der Waals surface area contributed by atoms with Gasteiger partial charge in [-0.25, -0.2) is 4.79 Å². The van der Waals surface area contributed by atoms with Gasteiger partial charge in [0.05, 0.1) is 24.6 Å². The number of pyridine rings is 1. The molecule has 2 aromatic carbocycles. The molecule has 6 rings (SSSR count). The molecule has 196 valence electrons. The van der Waals surface area contributed by atoms with E-state index in [1.165, 1.54) is 16.0 Å². The highest BCUT2D eigenvalue weighted by molar-refractivity contribution is 7.15. The quantitative estimate of drug-likeness (QED) is 0.267. The van der Waals surface area contributed by atoms with Gasteiger partial charge in [-0.3, -0.25) is 4.79 Å². The minimum atomic E-state index is -0.572. The van der Waals surface area contributed by atoms with E-state index in [4.69, 9.17) is 9.47 Å². The lowest BCUT2D eigenvalue weighted by Crippen LogP contribution is -2.23. The molecule has 4 aromatic rings. The Labute approximate surface area is 226 Å². The largest absolute Gasteiger partial charge is 0.494 e. The molecule has 0 spiro atoms. The van der Waals surface area contributed by atoms with Gasteiger partial charge in [0.2, 0.25) is 5.43 Å². The molecule has 2 heterocycles. The van der Waals surface area contributed by atoms with E-state index in [0.717, 1.165) is 54.6 Å². The average Bonchev–Trinajstić information content (AvgIpc) is 3.69. The van der Waals surface area contributed by atoms with Crippen LogP contribution in [0, 0.1) is 0 Å². The summed E-state index contributed by atoms with van der Waals surface area (Å²) >= 11 is 1.81. The van der Waals surface area contributed by atoms with Crippen LogP contribution in [-0.4, -0.2) is 24.3 Å². The zero-order valence-corrected chi connectivity index (χ0v) is 22.6. The molecular formula is C31H32N2O4S. The Morgan fingerprint density at radius 3 is 2.68 bits per heavy atom.